The molecule has 2 aromatic carbocycles. The first-order chi connectivity index (χ1) is 9.47. The number of nitrogen functional groups attached to an aromatic ring is 1. The number of carbonyl (C=O) groups excluding carboxylic acids is 1. The predicted molar refractivity (Wildman–Crippen MR) is 73.1 cm³/mol. The normalized spacial score (nSPS) is 11.9. The summed E-state index contributed by atoms with van der Waals surface area (Å²) in [4.78, 5) is 12.0. The summed E-state index contributed by atoms with van der Waals surface area (Å²) >= 11 is 0. The van der Waals surface area contributed by atoms with E-state index < -0.39 is 17.8 Å². The zero-order valence-electron chi connectivity index (χ0n) is 10.9. The van der Waals surface area contributed by atoms with Gasteiger partial charge in [0.05, 0.1) is 11.6 Å². The zero-order valence-corrected chi connectivity index (χ0v) is 10.9. The molecule has 0 unspecified atom stereocenters. The van der Waals surface area contributed by atoms with Crippen molar-refractivity contribution in [1.82, 2.24) is 5.32 Å². The van der Waals surface area contributed by atoms with Crippen molar-refractivity contribution < 1.29 is 13.6 Å². The van der Waals surface area contributed by atoms with Gasteiger partial charge in [0.15, 0.2) is 0 Å². The van der Waals surface area contributed by atoms with E-state index >= 15 is 0 Å². The van der Waals surface area contributed by atoms with Crippen LogP contribution in [0, 0.1) is 11.6 Å². The predicted octanol–water partition coefficient (Wildman–Crippen LogP) is 3.04. The molecule has 2 rings (SSSR count). The van der Waals surface area contributed by atoms with Gasteiger partial charge in [-0.3, -0.25) is 4.79 Å². The summed E-state index contributed by atoms with van der Waals surface area (Å²) in [5, 5.41) is 2.61. The molecule has 0 heterocycles. The largest absolute Gasteiger partial charge is 0.399 e. The Balaban J connectivity index is 2.15. The molecule has 3 N–H and O–H groups in total. The molecule has 20 heavy (non-hydrogen) atoms. The second kappa shape index (κ2) is 5.69. The number of benzene rings is 2. The van der Waals surface area contributed by atoms with E-state index in [1.165, 1.54) is 24.3 Å². The molecule has 104 valence electrons. The number of nitrogens with two attached hydrogens (primary N) is 1. The molecular formula is C15H14F2N2O. The van der Waals surface area contributed by atoms with Crippen molar-refractivity contribution in [2.24, 2.45) is 0 Å². The lowest BCUT2D eigenvalue weighted by molar-refractivity contribution is 0.0936. The van der Waals surface area contributed by atoms with Crippen LogP contribution in [0.25, 0.3) is 0 Å². The molecule has 3 nitrogen and oxygen atoms in total. The number of amides is 1. The van der Waals surface area contributed by atoms with E-state index in [9.17, 15) is 13.6 Å². The van der Waals surface area contributed by atoms with E-state index in [-0.39, 0.29) is 17.1 Å². The molecule has 0 fully saturated rings. The van der Waals surface area contributed by atoms with Gasteiger partial charge in [-0.25, -0.2) is 8.78 Å². The minimum absolute atomic E-state index is 0.0950. The number of hydrogen-bond acceptors (Lipinski definition) is 2. The summed E-state index contributed by atoms with van der Waals surface area (Å²) in [6.45, 7) is 1.70. The van der Waals surface area contributed by atoms with Crippen molar-refractivity contribution in [2.75, 3.05) is 5.73 Å². The number of anilines is 1. The topological polar surface area (TPSA) is 55.1 Å². The second-order valence-corrected chi connectivity index (χ2v) is 4.49. The standard InChI is InChI=1S/C15H14F2N2O/c1-9(10-3-2-4-11(16)7-10)19-15(20)13-6-5-12(18)8-14(13)17/h2-9H,18H2,1H3,(H,19,20)/t9-/m0/s1. The molecule has 0 aromatic heterocycles. The minimum atomic E-state index is -0.686. The second-order valence-electron chi connectivity index (χ2n) is 4.49. The summed E-state index contributed by atoms with van der Waals surface area (Å²) in [6, 6.07) is 9.30. The molecule has 2 aromatic rings. The van der Waals surface area contributed by atoms with E-state index in [1.807, 2.05) is 0 Å². The first kappa shape index (κ1) is 14.0. The summed E-state index contributed by atoms with van der Waals surface area (Å²) in [7, 11) is 0. The van der Waals surface area contributed by atoms with Crippen molar-refractivity contribution in [1.29, 1.82) is 0 Å². The quantitative estimate of drug-likeness (QED) is 0.847. The maximum Gasteiger partial charge on any atom is 0.254 e. The average molecular weight is 276 g/mol. The minimum Gasteiger partial charge on any atom is -0.399 e. The Morgan fingerprint density at radius 3 is 2.60 bits per heavy atom. The molecule has 0 spiro atoms. The third kappa shape index (κ3) is 3.12. The fraction of sp³-hybridized carbons (Fsp3) is 0.133. The van der Waals surface area contributed by atoms with Gasteiger partial charge in [0.1, 0.15) is 11.6 Å². The van der Waals surface area contributed by atoms with Gasteiger partial charge in [0.2, 0.25) is 0 Å². The molecular weight excluding hydrogens is 262 g/mol. The average Bonchev–Trinajstić information content (AvgIpc) is 2.38. The van der Waals surface area contributed by atoms with Crippen molar-refractivity contribution in [3.8, 4) is 0 Å². The van der Waals surface area contributed by atoms with Crippen LogP contribution in [0.15, 0.2) is 42.5 Å². The van der Waals surface area contributed by atoms with Gasteiger partial charge < -0.3 is 11.1 Å². The molecule has 0 aliphatic heterocycles. The molecule has 1 atom stereocenters. The molecule has 0 radical (unpaired) electrons. The summed E-state index contributed by atoms with van der Waals surface area (Å²) < 4.78 is 26.7. The van der Waals surface area contributed by atoms with Crippen LogP contribution in [-0.4, -0.2) is 5.91 Å². The van der Waals surface area contributed by atoms with E-state index in [0.717, 1.165) is 6.07 Å². The van der Waals surface area contributed by atoms with E-state index in [1.54, 1.807) is 19.1 Å². The SMILES string of the molecule is C[C@H](NC(=O)c1ccc(N)cc1F)c1cccc(F)c1. The van der Waals surface area contributed by atoms with Crippen LogP contribution in [-0.2, 0) is 0 Å². The molecule has 0 bridgehead atoms. The Bertz CT molecular complexity index is 644. The summed E-state index contributed by atoms with van der Waals surface area (Å²) in [6.07, 6.45) is 0. The third-order valence-electron chi connectivity index (χ3n) is 2.93. The lowest BCUT2D eigenvalue weighted by atomic mass is 10.1. The number of hydrogen-bond donors (Lipinski definition) is 2. The van der Waals surface area contributed by atoms with Crippen LogP contribution >= 0.6 is 0 Å². The Kier molecular flexibility index (Phi) is 3.98. The van der Waals surface area contributed by atoms with Gasteiger partial charge >= 0.3 is 0 Å². The fourth-order valence-electron chi connectivity index (χ4n) is 1.85. The van der Waals surface area contributed by atoms with Crippen LogP contribution in [0.4, 0.5) is 14.5 Å². The highest BCUT2D eigenvalue weighted by Gasteiger charge is 2.15. The van der Waals surface area contributed by atoms with E-state index in [2.05, 4.69) is 5.32 Å². The number of rotatable bonds is 3. The first-order valence-corrected chi connectivity index (χ1v) is 6.08. The maximum absolute atomic E-state index is 13.6. The Hall–Kier alpha value is -2.43. The van der Waals surface area contributed by atoms with Gasteiger partial charge in [-0.1, -0.05) is 12.1 Å². The summed E-state index contributed by atoms with van der Waals surface area (Å²) in [5.41, 5.74) is 6.18. The van der Waals surface area contributed by atoms with Crippen LogP contribution in [0.1, 0.15) is 28.9 Å². The van der Waals surface area contributed by atoms with Crippen LogP contribution < -0.4 is 11.1 Å². The molecule has 0 aliphatic carbocycles. The van der Waals surface area contributed by atoms with Gasteiger partial charge in [0, 0.05) is 5.69 Å². The molecule has 0 saturated heterocycles. The Morgan fingerprint density at radius 2 is 1.95 bits per heavy atom. The third-order valence-corrected chi connectivity index (χ3v) is 2.93. The highest BCUT2D eigenvalue weighted by Crippen LogP contribution is 2.16. The number of carbonyl (C=O) groups is 1. The highest BCUT2D eigenvalue weighted by molar-refractivity contribution is 5.95. The zero-order chi connectivity index (χ0) is 14.7. The summed E-state index contributed by atoms with van der Waals surface area (Å²) in [5.74, 6) is -1.64. The smallest absolute Gasteiger partial charge is 0.254 e. The van der Waals surface area contributed by atoms with Crippen LogP contribution in [0.3, 0.4) is 0 Å². The number of halogens is 2. The van der Waals surface area contributed by atoms with E-state index in [0.29, 0.717) is 5.56 Å². The monoisotopic (exact) mass is 276 g/mol. The van der Waals surface area contributed by atoms with Gasteiger partial charge in [-0.05, 0) is 42.8 Å². The fourth-order valence-corrected chi connectivity index (χ4v) is 1.85. The van der Waals surface area contributed by atoms with Gasteiger partial charge in [-0.2, -0.15) is 0 Å². The van der Waals surface area contributed by atoms with Crippen molar-refractivity contribution >= 4 is 11.6 Å². The van der Waals surface area contributed by atoms with Gasteiger partial charge in [0.25, 0.3) is 5.91 Å². The molecule has 5 heteroatoms. The van der Waals surface area contributed by atoms with Crippen molar-refractivity contribution in [2.45, 2.75) is 13.0 Å². The number of nitrogens with one attached hydrogen (secondary N) is 1. The lowest BCUT2D eigenvalue weighted by Crippen LogP contribution is -2.27. The maximum atomic E-state index is 13.6. The molecule has 0 aliphatic rings. The van der Waals surface area contributed by atoms with Crippen molar-refractivity contribution in [3.05, 3.63) is 65.2 Å². The lowest BCUT2D eigenvalue weighted by Gasteiger charge is -2.15. The van der Waals surface area contributed by atoms with Crippen LogP contribution in [0.2, 0.25) is 0 Å². The molecule has 0 saturated carbocycles. The van der Waals surface area contributed by atoms with E-state index in [4.69, 9.17) is 5.73 Å². The van der Waals surface area contributed by atoms with Crippen LogP contribution in [0.5, 0.6) is 0 Å². The molecule has 1 amide bonds. The Morgan fingerprint density at radius 1 is 1.20 bits per heavy atom. The highest BCUT2D eigenvalue weighted by atomic mass is 19.1. The van der Waals surface area contributed by atoms with Crippen molar-refractivity contribution in [3.63, 3.8) is 0 Å². The first-order valence-electron chi connectivity index (χ1n) is 6.08. The Labute approximate surface area is 115 Å². The van der Waals surface area contributed by atoms with Gasteiger partial charge in [-0.15, -0.1) is 0 Å².